The van der Waals surface area contributed by atoms with Gasteiger partial charge in [0.1, 0.15) is 17.7 Å². The predicted molar refractivity (Wildman–Crippen MR) is 121 cm³/mol. The zero-order valence-corrected chi connectivity index (χ0v) is 20.8. The molecule has 0 radical (unpaired) electrons. The number of ether oxygens (including phenoxy) is 4. The van der Waals surface area contributed by atoms with Crippen molar-refractivity contribution in [2.75, 3.05) is 41.2 Å². The van der Waals surface area contributed by atoms with Crippen LogP contribution in [0.1, 0.15) is 37.7 Å². The number of aromatic nitrogens is 1. The minimum Gasteiger partial charge on any atom is -0.479 e. The SMILES string of the molecule is COCC(NC(=O)c1cc(OC)no1)C(=O)N[C@@H](COC)C(=O)NC(CC(C)C)C(=O)[C@@]1(C)CO1. The fraction of sp³-hybridized carbons (Fsp3) is 0.682. The Bertz CT molecular complexity index is 897. The topological polar surface area (TPSA) is 171 Å². The second-order valence-electron chi connectivity index (χ2n) is 8.81. The summed E-state index contributed by atoms with van der Waals surface area (Å²) in [5.74, 6) is -2.22. The Morgan fingerprint density at radius 2 is 1.54 bits per heavy atom. The van der Waals surface area contributed by atoms with E-state index in [9.17, 15) is 19.2 Å². The number of carbonyl (C=O) groups excluding carboxylic acids is 4. The van der Waals surface area contributed by atoms with Gasteiger partial charge in [-0.15, -0.1) is 0 Å². The van der Waals surface area contributed by atoms with E-state index in [-0.39, 0.29) is 36.6 Å². The lowest BCUT2D eigenvalue weighted by Crippen LogP contribution is -2.58. The molecule has 0 aliphatic carbocycles. The summed E-state index contributed by atoms with van der Waals surface area (Å²) in [6.45, 7) is 5.47. The number of hydrogen-bond donors (Lipinski definition) is 3. The van der Waals surface area contributed by atoms with E-state index in [1.54, 1.807) is 6.92 Å². The van der Waals surface area contributed by atoms with E-state index >= 15 is 0 Å². The predicted octanol–water partition coefficient (Wildman–Crippen LogP) is -0.552. The highest BCUT2D eigenvalue weighted by atomic mass is 16.6. The third-order valence-electron chi connectivity index (χ3n) is 5.28. The van der Waals surface area contributed by atoms with Crippen LogP contribution < -0.4 is 20.7 Å². The number of ketones is 1. The lowest BCUT2D eigenvalue weighted by molar-refractivity contribution is -0.134. The average molecular weight is 499 g/mol. The van der Waals surface area contributed by atoms with Crippen molar-refractivity contribution in [3.8, 4) is 5.88 Å². The number of Topliss-reactive ketones (excluding diaryl/α,β-unsaturated/α-hetero) is 1. The quantitative estimate of drug-likeness (QED) is 0.267. The third kappa shape index (κ3) is 8.01. The second kappa shape index (κ2) is 12.6. The Morgan fingerprint density at radius 3 is 2.00 bits per heavy atom. The van der Waals surface area contributed by atoms with Gasteiger partial charge in [0, 0.05) is 14.2 Å². The molecule has 196 valence electrons. The van der Waals surface area contributed by atoms with Gasteiger partial charge in [0.2, 0.25) is 17.6 Å². The molecule has 3 N–H and O–H groups in total. The molecule has 0 saturated carbocycles. The zero-order chi connectivity index (χ0) is 26.2. The third-order valence-corrected chi connectivity index (χ3v) is 5.28. The summed E-state index contributed by atoms with van der Waals surface area (Å²) in [6.07, 6.45) is 0.403. The molecule has 1 aliphatic rings. The first-order chi connectivity index (χ1) is 16.5. The van der Waals surface area contributed by atoms with E-state index < -0.39 is 41.4 Å². The lowest BCUT2D eigenvalue weighted by Gasteiger charge is -2.26. The number of nitrogens with one attached hydrogen (secondary N) is 3. The first-order valence-corrected chi connectivity index (χ1v) is 11.1. The largest absolute Gasteiger partial charge is 0.479 e. The van der Waals surface area contributed by atoms with Gasteiger partial charge in [-0.2, -0.15) is 0 Å². The Hall–Kier alpha value is -3.03. The lowest BCUT2D eigenvalue weighted by atomic mass is 9.93. The smallest absolute Gasteiger partial charge is 0.290 e. The molecule has 0 aromatic carbocycles. The maximum Gasteiger partial charge on any atom is 0.290 e. The molecule has 13 heteroatoms. The van der Waals surface area contributed by atoms with Gasteiger partial charge in [0.25, 0.3) is 11.8 Å². The van der Waals surface area contributed by atoms with Crippen molar-refractivity contribution in [3.05, 3.63) is 11.8 Å². The average Bonchev–Trinajstić information content (AvgIpc) is 3.37. The van der Waals surface area contributed by atoms with E-state index in [0.717, 1.165) is 0 Å². The van der Waals surface area contributed by atoms with Crippen molar-refractivity contribution >= 4 is 23.5 Å². The van der Waals surface area contributed by atoms with Crippen LogP contribution in [0.25, 0.3) is 0 Å². The van der Waals surface area contributed by atoms with Crippen LogP contribution in [0.5, 0.6) is 5.88 Å². The summed E-state index contributed by atoms with van der Waals surface area (Å²) in [5, 5.41) is 11.3. The fourth-order valence-corrected chi connectivity index (χ4v) is 3.26. The van der Waals surface area contributed by atoms with E-state index in [1.807, 2.05) is 13.8 Å². The summed E-state index contributed by atoms with van der Waals surface area (Å²) in [4.78, 5) is 51.2. The Balaban J connectivity index is 2.08. The molecule has 2 unspecified atom stereocenters. The molecule has 35 heavy (non-hydrogen) atoms. The van der Waals surface area contributed by atoms with Crippen LogP contribution in [0, 0.1) is 5.92 Å². The summed E-state index contributed by atoms with van der Waals surface area (Å²) in [6, 6.07) is -1.83. The van der Waals surface area contributed by atoms with Gasteiger partial charge in [0.05, 0.1) is 39.0 Å². The minimum atomic E-state index is -1.16. The van der Waals surface area contributed by atoms with Crippen LogP contribution in [0.4, 0.5) is 0 Å². The van der Waals surface area contributed by atoms with Gasteiger partial charge >= 0.3 is 0 Å². The number of amides is 3. The van der Waals surface area contributed by atoms with E-state index in [2.05, 4.69) is 21.1 Å². The molecule has 0 bridgehead atoms. The zero-order valence-electron chi connectivity index (χ0n) is 20.8. The summed E-state index contributed by atoms with van der Waals surface area (Å²) in [7, 11) is 4.08. The Kier molecular flexibility index (Phi) is 10.2. The number of nitrogens with zero attached hydrogens (tertiary/aromatic N) is 1. The van der Waals surface area contributed by atoms with Crippen molar-refractivity contribution < 1.29 is 42.6 Å². The second-order valence-corrected chi connectivity index (χ2v) is 8.81. The van der Waals surface area contributed by atoms with Crippen molar-refractivity contribution in [3.63, 3.8) is 0 Å². The van der Waals surface area contributed by atoms with Gasteiger partial charge in [-0.05, 0) is 24.4 Å². The number of methoxy groups -OCH3 is 3. The molecule has 4 atom stereocenters. The summed E-state index contributed by atoms with van der Waals surface area (Å²) >= 11 is 0. The van der Waals surface area contributed by atoms with Gasteiger partial charge < -0.3 is 39.4 Å². The maximum absolute atomic E-state index is 13.0. The number of epoxide rings is 1. The van der Waals surface area contributed by atoms with Crippen LogP contribution in [-0.2, 0) is 28.6 Å². The first kappa shape index (κ1) is 28.2. The van der Waals surface area contributed by atoms with Crippen molar-refractivity contribution in [2.24, 2.45) is 5.92 Å². The molecule has 1 aromatic heterocycles. The van der Waals surface area contributed by atoms with Crippen molar-refractivity contribution in [1.82, 2.24) is 21.1 Å². The van der Waals surface area contributed by atoms with Crippen LogP contribution in [-0.4, -0.2) is 93.5 Å². The molecular formula is C22H34N4O9. The molecule has 1 aliphatic heterocycles. The van der Waals surface area contributed by atoms with Gasteiger partial charge in [-0.3, -0.25) is 19.2 Å². The maximum atomic E-state index is 13.0. The van der Waals surface area contributed by atoms with Crippen molar-refractivity contribution in [1.29, 1.82) is 0 Å². The molecule has 0 spiro atoms. The number of hydrogen-bond acceptors (Lipinski definition) is 10. The highest BCUT2D eigenvalue weighted by molar-refractivity contribution is 5.99. The molecule has 3 amide bonds. The fourth-order valence-electron chi connectivity index (χ4n) is 3.26. The van der Waals surface area contributed by atoms with Crippen molar-refractivity contribution in [2.45, 2.75) is 50.9 Å². The van der Waals surface area contributed by atoms with Gasteiger partial charge in [-0.25, -0.2) is 0 Å². The molecule has 2 rings (SSSR count). The van der Waals surface area contributed by atoms with Crippen LogP contribution in [0.2, 0.25) is 0 Å². The monoisotopic (exact) mass is 498 g/mol. The van der Waals surface area contributed by atoms with Crippen LogP contribution in [0.3, 0.4) is 0 Å². The Labute approximate surface area is 203 Å². The van der Waals surface area contributed by atoms with Crippen LogP contribution >= 0.6 is 0 Å². The molecule has 1 aromatic rings. The molecule has 2 heterocycles. The van der Waals surface area contributed by atoms with Gasteiger partial charge in [-0.1, -0.05) is 13.8 Å². The normalized spacial score (nSPS) is 19.4. The number of carbonyl (C=O) groups is 4. The van der Waals surface area contributed by atoms with Crippen LogP contribution in [0.15, 0.2) is 10.6 Å². The summed E-state index contributed by atoms with van der Waals surface area (Å²) < 4.78 is 25.1. The minimum absolute atomic E-state index is 0.0932. The molecular weight excluding hydrogens is 464 g/mol. The highest BCUT2D eigenvalue weighted by Crippen LogP contribution is 2.29. The molecule has 13 nitrogen and oxygen atoms in total. The van der Waals surface area contributed by atoms with E-state index in [4.69, 9.17) is 23.5 Å². The van der Waals surface area contributed by atoms with E-state index in [1.165, 1.54) is 27.4 Å². The standard InChI is InChI=1S/C22H34N4O9/c1-12(2)7-13(18(27)22(3)11-34-22)23-19(28)14(9-31-4)24-20(29)15(10-32-5)25-21(30)16-8-17(33-6)26-35-16/h8,12-15H,7,9-11H2,1-6H3,(H,23,28)(H,24,29)(H,25,30)/t13?,14-,15?,22+/m0/s1. The van der Waals surface area contributed by atoms with E-state index in [0.29, 0.717) is 13.0 Å². The molecule has 1 saturated heterocycles. The number of rotatable bonds is 15. The first-order valence-electron chi connectivity index (χ1n) is 11.1. The van der Waals surface area contributed by atoms with Gasteiger partial charge in [0.15, 0.2) is 5.78 Å². The Morgan fingerprint density at radius 1 is 1.00 bits per heavy atom. The molecule has 1 fully saturated rings. The summed E-state index contributed by atoms with van der Waals surface area (Å²) in [5.41, 5.74) is -0.913. The highest BCUT2D eigenvalue weighted by Gasteiger charge is 2.50.